The molecule has 0 spiro atoms. The van der Waals surface area contributed by atoms with E-state index in [0.717, 1.165) is 10.8 Å². The average molecular weight is 275 g/mol. The van der Waals surface area contributed by atoms with Crippen LogP contribution in [0.4, 0.5) is 0 Å². The number of benzene rings is 1. The quantitative estimate of drug-likeness (QED) is 0.527. The molecule has 0 aliphatic rings. The third-order valence-electron chi connectivity index (χ3n) is 1.81. The monoisotopic (exact) mass is 274 g/mol. The summed E-state index contributed by atoms with van der Waals surface area (Å²) in [7, 11) is 0. The minimum atomic E-state index is 0. The van der Waals surface area contributed by atoms with E-state index >= 15 is 0 Å². The second kappa shape index (κ2) is 8.46. The summed E-state index contributed by atoms with van der Waals surface area (Å²) in [6.45, 7) is 6.21. The fourth-order valence-corrected chi connectivity index (χ4v) is 1.03. The molecule has 1 aromatic heterocycles. The summed E-state index contributed by atoms with van der Waals surface area (Å²) in [6.07, 6.45) is 2.62. The SMILES string of the molecule is CC(C)(C)c1c[c-]no1.Clc1cc[c-]cc1.[K+]. The summed E-state index contributed by atoms with van der Waals surface area (Å²) < 4.78 is 4.89. The van der Waals surface area contributed by atoms with Gasteiger partial charge in [0, 0.05) is 0 Å². The molecule has 1 aromatic carbocycles. The maximum absolute atomic E-state index is 5.52. The van der Waals surface area contributed by atoms with Gasteiger partial charge in [-0.1, -0.05) is 25.8 Å². The first-order valence-corrected chi connectivity index (χ1v) is 5.33. The Morgan fingerprint density at radius 3 is 2.06 bits per heavy atom. The van der Waals surface area contributed by atoms with Gasteiger partial charge in [-0.15, -0.1) is 17.8 Å². The van der Waals surface area contributed by atoms with E-state index in [-0.39, 0.29) is 56.8 Å². The zero-order chi connectivity index (χ0) is 12.0. The Balaban J connectivity index is 0.000000292. The van der Waals surface area contributed by atoms with Crippen LogP contribution in [0, 0.1) is 12.3 Å². The third-order valence-corrected chi connectivity index (χ3v) is 2.06. The molecule has 0 radical (unpaired) electrons. The van der Waals surface area contributed by atoms with E-state index in [1.54, 1.807) is 30.3 Å². The Labute approximate surface area is 150 Å². The van der Waals surface area contributed by atoms with Crippen LogP contribution in [0.25, 0.3) is 0 Å². The second-order valence-corrected chi connectivity index (χ2v) is 4.72. The van der Waals surface area contributed by atoms with Crippen molar-refractivity contribution in [1.29, 1.82) is 0 Å². The van der Waals surface area contributed by atoms with Crippen molar-refractivity contribution in [3.05, 3.63) is 53.4 Å². The summed E-state index contributed by atoms with van der Waals surface area (Å²) in [4.78, 5) is 0. The Morgan fingerprint density at radius 2 is 1.82 bits per heavy atom. The second-order valence-electron chi connectivity index (χ2n) is 4.29. The maximum atomic E-state index is 5.52. The Morgan fingerprint density at radius 1 is 1.24 bits per heavy atom. The van der Waals surface area contributed by atoms with Crippen LogP contribution >= 0.6 is 11.6 Å². The van der Waals surface area contributed by atoms with Crippen molar-refractivity contribution in [2.24, 2.45) is 0 Å². The van der Waals surface area contributed by atoms with Crippen molar-refractivity contribution in [1.82, 2.24) is 5.16 Å². The minimum Gasteiger partial charge on any atom is -0.470 e. The standard InChI is InChI=1S/C7H10NO.C6H4Cl.K/c1-7(2,3)6-4-5-8-9-6;7-6-4-2-1-3-5-6;/h4H,1-3H3;2-5H;/q2*-1;+1. The predicted octanol–water partition coefficient (Wildman–Crippen LogP) is 0.916. The maximum Gasteiger partial charge on any atom is 1.00 e. The van der Waals surface area contributed by atoms with E-state index in [4.69, 9.17) is 16.1 Å². The molecule has 0 aliphatic heterocycles. The zero-order valence-corrected chi connectivity index (χ0v) is 14.5. The smallest absolute Gasteiger partial charge is 0.470 e. The van der Waals surface area contributed by atoms with Crippen molar-refractivity contribution >= 4 is 11.6 Å². The normalized spacial score (nSPS) is 9.88. The van der Waals surface area contributed by atoms with Gasteiger partial charge in [-0.05, 0) is 11.2 Å². The number of aromatic nitrogens is 1. The van der Waals surface area contributed by atoms with E-state index in [9.17, 15) is 0 Å². The summed E-state index contributed by atoms with van der Waals surface area (Å²) in [5.41, 5.74) is 0.0625. The Hall–Kier alpha value is 0.356. The molecular weight excluding hydrogens is 261 g/mol. The van der Waals surface area contributed by atoms with Gasteiger partial charge in [-0.3, -0.25) is 0 Å². The fraction of sp³-hybridized carbons (Fsp3) is 0.308. The summed E-state index contributed by atoms with van der Waals surface area (Å²) >= 11 is 5.52. The molecule has 0 saturated heterocycles. The van der Waals surface area contributed by atoms with Crippen molar-refractivity contribution in [3.63, 3.8) is 0 Å². The largest absolute Gasteiger partial charge is 1.00 e. The van der Waals surface area contributed by atoms with Gasteiger partial charge in [0.25, 0.3) is 0 Å². The van der Waals surface area contributed by atoms with Crippen molar-refractivity contribution in [2.45, 2.75) is 26.2 Å². The predicted molar refractivity (Wildman–Crippen MR) is 64.3 cm³/mol. The van der Waals surface area contributed by atoms with Crippen molar-refractivity contribution in [2.75, 3.05) is 0 Å². The molecule has 0 amide bonds. The summed E-state index contributed by atoms with van der Waals surface area (Å²) in [6, 6.07) is 11.8. The van der Waals surface area contributed by atoms with E-state index in [0.29, 0.717) is 0 Å². The molecule has 17 heavy (non-hydrogen) atoms. The molecule has 0 fully saturated rings. The van der Waals surface area contributed by atoms with Gasteiger partial charge >= 0.3 is 51.4 Å². The molecule has 0 bridgehead atoms. The average Bonchev–Trinajstić information content (AvgIpc) is 2.71. The Kier molecular flexibility index (Phi) is 8.63. The zero-order valence-electron chi connectivity index (χ0n) is 10.6. The topological polar surface area (TPSA) is 26.0 Å². The number of halogens is 1. The first kappa shape index (κ1) is 17.4. The van der Waals surface area contributed by atoms with Crippen molar-refractivity contribution < 1.29 is 55.9 Å². The molecule has 2 nitrogen and oxygen atoms in total. The molecule has 1 heterocycles. The summed E-state index contributed by atoms with van der Waals surface area (Å²) in [5.74, 6) is 0.877. The van der Waals surface area contributed by atoms with E-state index in [1.165, 1.54) is 0 Å². The number of hydrogen-bond acceptors (Lipinski definition) is 2. The van der Waals surface area contributed by atoms with Gasteiger partial charge in [-0.25, -0.2) is 5.16 Å². The van der Waals surface area contributed by atoms with Crippen molar-refractivity contribution in [3.8, 4) is 0 Å². The number of hydrogen-bond donors (Lipinski definition) is 0. The van der Waals surface area contributed by atoms with Crippen LogP contribution in [-0.2, 0) is 5.41 Å². The van der Waals surface area contributed by atoms with Crippen LogP contribution in [0.5, 0.6) is 0 Å². The minimum absolute atomic E-state index is 0. The molecule has 4 heteroatoms. The molecule has 2 rings (SSSR count). The third kappa shape index (κ3) is 7.39. The van der Waals surface area contributed by atoms with E-state index in [2.05, 4.69) is 38.2 Å². The number of rotatable bonds is 0. The molecule has 86 valence electrons. The van der Waals surface area contributed by atoms with Crippen LogP contribution in [0.3, 0.4) is 0 Å². The van der Waals surface area contributed by atoms with Gasteiger partial charge in [-0.2, -0.15) is 36.4 Å². The van der Waals surface area contributed by atoms with Gasteiger partial charge in [0.1, 0.15) is 0 Å². The summed E-state index contributed by atoms with van der Waals surface area (Å²) in [5, 5.41) is 4.25. The molecular formula is C13H14ClKNO-. The van der Waals surface area contributed by atoms with Crippen LogP contribution in [-0.4, -0.2) is 5.16 Å². The molecule has 0 N–H and O–H groups in total. The molecule has 2 aromatic rings. The van der Waals surface area contributed by atoms with Crippen LogP contribution in [0.15, 0.2) is 34.9 Å². The van der Waals surface area contributed by atoms with Crippen LogP contribution < -0.4 is 51.4 Å². The van der Waals surface area contributed by atoms with Gasteiger partial charge in [0.15, 0.2) is 0 Å². The van der Waals surface area contributed by atoms with Crippen LogP contribution in [0.1, 0.15) is 26.5 Å². The van der Waals surface area contributed by atoms with Gasteiger partial charge < -0.3 is 4.52 Å². The first-order chi connectivity index (χ1) is 7.50. The molecule has 0 aliphatic carbocycles. The van der Waals surface area contributed by atoms with Gasteiger partial charge in [0.05, 0.1) is 0 Å². The first-order valence-electron chi connectivity index (χ1n) is 4.95. The van der Waals surface area contributed by atoms with E-state index < -0.39 is 0 Å². The molecule has 0 atom stereocenters. The molecule has 0 unspecified atom stereocenters. The van der Waals surface area contributed by atoms with E-state index in [1.807, 2.05) is 0 Å². The van der Waals surface area contributed by atoms with Crippen LogP contribution in [0.2, 0.25) is 5.02 Å². The molecule has 0 saturated carbocycles. The number of nitrogens with zero attached hydrogens (tertiary/aromatic N) is 1. The van der Waals surface area contributed by atoms with Gasteiger partial charge in [0.2, 0.25) is 0 Å². The fourth-order valence-electron chi connectivity index (χ4n) is 0.907. The Bertz CT molecular complexity index is 395.